The van der Waals surface area contributed by atoms with E-state index in [1.807, 2.05) is 6.07 Å². The number of nitro groups is 1. The lowest BCUT2D eigenvalue weighted by atomic mass is 9.84. The molecule has 3 rings (SSSR count). The number of benzene rings is 2. The minimum Gasteiger partial charge on any atom is -0.385 e. The van der Waals surface area contributed by atoms with Gasteiger partial charge in [-0.3, -0.25) is 10.1 Å². The van der Waals surface area contributed by atoms with Crippen LogP contribution >= 0.6 is 11.6 Å². The third-order valence-corrected chi connectivity index (χ3v) is 4.78. The van der Waals surface area contributed by atoms with Crippen molar-refractivity contribution in [3.05, 3.63) is 69.0 Å². The molecule has 2 aromatic carbocycles. The number of aliphatic hydroxyl groups is 1. The van der Waals surface area contributed by atoms with Crippen LogP contribution in [0.2, 0.25) is 5.02 Å². The Morgan fingerprint density at radius 1 is 1.21 bits per heavy atom. The molecule has 7 heteroatoms. The van der Waals surface area contributed by atoms with Crippen molar-refractivity contribution in [2.45, 2.75) is 18.4 Å². The van der Waals surface area contributed by atoms with Crippen LogP contribution < -0.4 is 4.90 Å². The second-order valence-electron chi connectivity index (χ2n) is 5.89. The van der Waals surface area contributed by atoms with E-state index in [-0.39, 0.29) is 5.69 Å². The molecule has 0 spiro atoms. The van der Waals surface area contributed by atoms with Gasteiger partial charge in [0.05, 0.1) is 22.3 Å². The van der Waals surface area contributed by atoms with Crippen molar-refractivity contribution in [1.82, 2.24) is 0 Å². The van der Waals surface area contributed by atoms with Gasteiger partial charge in [0, 0.05) is 29.7 Å². The number of hydrogen-bond donors (Lipinski definition) is 1. The van der Waals surface area contributed by atoms with E-state index in [1.165, 1.54) is 12.1 Å². The van der Waals surface area contributed by atoms with Gasteiger partial charge in [0.25, 0.3) is 5.69 Å². The van der Waals surface area contributed by atoms with Crippen LogP contribution in [0.15, 0.2) is 42.5 Å². The number of anilines is 1. The molecule has 0 amide bonds. The summed E-state index contributed by atoms with van der Waals surface area (Å²) in [5.74, 6) is -0.632. The van der Waals surface area contributed by atoms with Crippen molar-refractivity contribution < 1.29 is 14.4 Å². The molecule has 126 valence electrons. The van der Waals surface area contributed by atoms with E-state index in [9.17, 15) is 19.6 Å². The zero-order chi connectivity index (χ0) is 17.3. The van der Waals surface area contributed by atoms with Crippen molar-refractivity contribution in [1.29, 1.82) is 0 Å². The highest BCUT2D eigenvalue weighted by molar-refractivity contribution is 6.31. The SMILES string of the molecule is O=[N+]([O-])c1ccc(N2CCC(O)(c3ccccc3Cl)CC2)c(F)c1. The summed E-state index contributed by atoms with van der Waals surface area (Å²) in [4.78, 5) is 11.9. The largest absolute Gasteiger partial charge is 0.385 e. The van der Waals surface area contributed by atoms with E-state index in [0.717, 1.165) is 6.07 Å². The van der Waals surface area contributed by atoms with Gasteiger partial charge < -0.3 is 10.0 Å². The molecule has 2 aromatic rings. The maximum atomic E-state index is 14.1. The van der Waals surface area contributed by atoms with Crippen LogP contribution in [0.3, 0.4) is 0 Å². The van der Waals surface area contributed by atoms with Gasteiger partial charge in [-0.05, 0) is 25.0 Å². The number of hydrogen-bond acceptors (Lipinski definition) is 4. The normalized spacial score (nSPS) is 16.9. The summed E-state index contributed by atoms with van der Waals surface area (Å²) in [6.07, 6.45) is 0.792. The Morgan fingerprint density at radius 2 is 1.88 bits per heavy atom. The molecule has 1 N–H and O–H groups in total. The Labute approximate surface area is 143 Å². The Bertz CT molecular complexity index is 776. The lowest BCUT2D eigenvalue weighted by Gasteiger charge is -2.40. The highest BCUT2D eigenvalue weighted by Crippen LogP contribution is 2.38. The molecule has 1 saturated heterocycles. The first-order valence-corrected chi connectivity index (χ1v) is 7.95. The summed E-state index contributed by atoms with van der Waals surface area (Å²) in [7, 11) is 0. The van der Waals surface area contributed by atoms with Gasteiger partial charge in [0.1, 0.15) is 0 Å². The molecule has 0 radical (unpaired) electrons. The minimum absolute atomic E-state index is 0.277. The number of piperidine rings is 1. The van der Waals surface area contributed by atoms with Crippen LogP contribution in [0.1, 0.15) is 18.4 Å². The molecule has 0 aliphatic carbocycles. The summed E-state index contributed by atoms with van der Waals surface area (Å²) >= 11 is 6.18. The maximum Gasteiger partial charge on any atom is 0.272 e. The van der Waals surface area contributed by atoms with Crippen LogP contribution in [-0.2, 0) is 5.60 Å². The van der Waals surface area contributed by atoms with Gasteiger partial charge in [-0.15, -0.1) is 0 Å². The average Bonchev–Trinajstić information content (AvgIpc) is 2.56. The number of nitro benzene ring substituents is 1. The van der Waals surface area contributed by atoms with Crippen LogP contribution in [0.25, 0.3) is 0 Å². The number of non-ortho nitro benzene ring substituents is 1. The van der Waals surface area contributed by atoms with Gasteiger partial charge in [-0.25, -0.2) is 4.39 Å². The Hall–Kier alpha value is -2.18. The molecule has 1 aliphatic rings. The summed E-state index contributed by atoms with van der Waals surface area (Å²) in [5.41, 5.74) is -0.343. The molecule has 0 atom stereocenters. The van der Waals surface area contributed by atoms with E-state index in [1.54, 1.807) is 23.1 Å². The van der Waals surface area contributed by atoms with Crippen molar-refractivity contribution in [2.75, 3.05) is 18.0 Å². The predicted molar refractivity (Wildman–Crippen MR) is 89.9 cm³/mol. The maximum absolute atomic E-state index is 14.1. The Kier molecular flexibility index (Phi) is 4.43. The lowest BCUT2D eigenvalue weighted by Crippen LogP contribution is -2.43. The van der Waals surface area contributed by atoms with Crippen LogP contribution in [0, 0.1) is 15.9 Å². The molecular weight excluding hydrogens is 335 g/mol. The summed E-state index contributed by atoms with van der Waals surface area (Å²) in [6, 6.07) is 10.8. The molecule has 1 heterocycles. The predicted octanol–water partition coefficient (Wildman–Crippen LogP) is 3.88. The van der Waals surface area contributed by atoms with E-state index >= 15 is 0 Å². The standard InChI is InChI=1S/C17H16ClFN2O3/c18-14-4-2-1-3-13(14)17(22)7-9-20(10-8-17)16-6-5-12(21(23)24)11-15(16)19/h1-6,11,22H,7-10H2. The van der Waals surface area contributed by atoms with Crippen molar-refractivity contribution in [3.63, 3.8) is 0 Å². The van der Waals surface area contributed by atoms with Gasteiger partial charge in [0.2, 0.25) is 0 Å². The van der Waals surface area contributed by atoms with Crippen molar-refractivity contribution >= 4 is 23.0 Å². The molecule has 0 saturated carbocycles. The Morgan fingerprint density at radius 3 is 2.46 bits per heavy atom. The molecular formula is C17H16ClFN2O3. The minimum atomic E-state index is -1.05. The first kappa shape index (κ1) is 16.7. The number of halogens is 2. The third kappa shape index (κ3) is 3.07. The summed E-state index contributed by atoms with van der Waals surface area (Å²) in [5, 5.41) is 22.1. The highest BCUT2D eigenvalue weighted by atomic mass is 35.5. The highest BCUT2D eigenvalue weighted by Gasteiger charge is 2.36. The molecule has 0 aromatic heterocycles. The van der Waals surface area contributed by atoms with E-state index in [2.05, 4.69) is 0 Å². The number of rotatable bonds is 3. The monoisotopic (exact) mass is 350 g/mol. The van der Waals surface area contributed by atoms with E-state index < -0.39 is 16.3 Å². The fourth-order valence-electron chi connectivity index (χ4n) is 3.09. The van der Waals surface area contributed by atoms with Gasteiger partial charge in [-0.1, -0.05) is 29.8 Å². The molecule has 1 fully saturated rings. The fraction of sp³-hybridized carbons (Fsp3) is 0.294. The quantitative estimate of drug-likeness (QED) is 0.674. The van der Waals surface area contributed by atoms with E-state index in [4.69, 9.17) is 11.6 Å². The smallest absolute Gasteiger partial charge is 0.272 e. The van der Waals surface area contributed by atoms with Gasteiger partial charge in [-0.2, -0.15) is 0 Å². The van der Waals surface area contributed by atoms with E-state index in [0.29, 0.717) is 42.2 Å². The zero-order valence-electron chi connectivity index (χ0n) is 12.8. The van der Waals surface area contributed by atoms with Gasteiger partial charge >= 0.3 is 0 Å². The van der Waals surface area contributed by atoms with Crippen LogP contribution in [-0.4, -0.2) is 23.1 Å². The first-order chi connectivity index (χ1) is 11.4. The second kappa shape index (κ2) is 6.37. The molecule has 24 heavy (non-hydrogen) atoms. The Balaban J connectivity index is 1.78. The van der Waals surface area contributed by atoms with Crippen molar-refractivity contribution in [2.24, 2.45) is 0 Å². The second-order valence-corrected chi connectivity index (χ2v) is 6.30. The fourth-order valence-corrected chi connectivity index (χ4v) is 3.40. The van der Waals surface area contributed by atoms with Crippen LogP contribution in [0.4, 0.5) is 15.8 Å². The third-order valence-electron chi connectivity index (χ3n) is 4.45. The van der Waals surface area contributed by atoms with Gasteiger partial charge in [0.15, 0.2) is 5.82 Å². The topological polar surface area (TPSA) is 66.6 Å². The summed E-state index contributed by atoms with van der Waals surface area (Å²) < 4.78 is 14.1. The molecule has 0 bridgehead atoms. The van der Waals surface area contributed by atoms with Crippen molar-refractivity contribution in [3.8, 4) is 0 Å². The van der Waals surface area contributed by atoms with Crippen LogP contribution in [0.5, 0.6) is 0 Å². The zero-order valence-corrected chi connectivity index (χ0v) is 13.5. The average molecular weight is 351 g/mol. The molecule has 0 unspecified atom stereocenters. The molecule has 5 nitrogen and oxygen atoms in total. The molecule has 1 aliphatic heterocycles. The lowest BCUT2D eigenvalue weighted by molar-refractivity contribution is -0.385. The number of nitrogens with zero attached hydrogens (tertiary/aromatic N) is 2. The first-order valence-electron chi connectivity index (χ1n) is 7.57. The summed E-state index contributed by atoms with van der Waals surface area (Å²) in [6.45, 7) is 0.854.